The van der Waals surface area contributed by atoms with Crippen LogP contribution in [0.25, 0.3) is 0 Å². The zero-order valence-corrected chi connectivity index (χ0v) is 11.6. The van der Waals surface area contributed by atoms with E-state index >= 15 is 0 Å². The van der Waals surface area contributed by atoms with Gasteiger partial charge in [0.15, 0.2) is 11.5 Å². The van der Waals surface area contributed by atoms with E-state index in [1.165, 1.54) is 0 Å². The molecule has 0 spiro atoms. The number of aliphatic hydroxyl groups is 1. The summed E-state index contributed by atoms with van der Waals surface area (Å²) in [5.74, 6) is 1.67. The number of halogens is 1. The second kappa shape index (κ2) is 8.02. The molecule has 5 nitrogen and oxygen atoms in total. The van der Waals surface area contributed by atoms with E-state index in [1.807, 2.05) is 0 Å². The summed E-state index contributed by atoms with van der Waals surface area (Å²) >= 11 is 0. The maximum absolute atomic E-state index is 8.88. The molecule has 3 N–H and O–H groups in total. The molecule has 0 aliphatic heterocycles. The van der Waals surface area contributed by atoms with Gasteiger partial charge in [-0.25, -0.2) is 0 Å². The number of hydrogen-bond acceptors (Lipinski definition) is 5. The van der Waals surface area contributed by atoms with E-state index < -0.39 is 0 Å². The normalized spacial score (nSPS) is 11.4. The lowest BCUT2D eigenvalue weighted by atomic mass is 10.0. The lowest BCUT2D eigenvalue weighted by molar-refractivity contribution is 0.276. The average Bonchev–Trinajstić information content (AvgIpc) is 2.37. The SMILES string of the molecule is COc1cc(C(N)CCO)cc(OC)c1OC.Cl. The molecular weight excluding hydrogens is 258 g/mol. The minimum Gasteiger partial charge on any atom is -0.493 e. The Morgan fingerprint density at radius 3 is 1.94 bits per heavy atom. The van der Waals surface area contributed by atoms with Crippen LogP contribution in [0.3, 0.4) is 0 Å². The Morgan fingerprint density at radius 1 is 1.11 bits per heavy atom. The van der Waals surface area contributed by atoms with E-state index in [1.54, 1.807) is 33.5 Å². The zero-order valence-electron chi connectivity index (χ0n) is 10.8. The third-order valence-electron chi connectivity index (χ3n) is 2.56. The van der Waals surface area contributed by atoms with Crippen molar-refractivity contribution < 1.29 is 19.3 Å². The van der Waals surface area contributed by atoms with Crippen molar-refractivity contribution in [3.8, 4) is 17.2 Å². The molecule has 1 rings (SSSR count). The molecule has 0 saturated carbocycles. The van der Waals surface area contributed by atoms with Crippen LogP contribution >= 0.6 is 12.4 Å². The van der Waals surface area contributed by atoms with Gasteiger partial charge in [0, 0.05) is 12.6 Å². The highest BCUT2D eigenvalue weighted by Crippen LogP contribution is 2.39. The number of aliphatic hydroxyl groups excluding tert-OH is 1. The first-order valence-corrected chi connectivity index (χ1v) is 5.34. The Morgan fingerprint density at radius 2 is 1.61 bits per heavy atom. The summed E-state index contributed by atoms with van der Waals surface area (Å²) in [7, 11) is 4.66. The molecule has 6 heteroatoms. The largest absolute Gasteiger partial charge is 0.493 e. The van der Waals surface area contributed by atoms with E-state index in [0.717, 1.165) is 5.56 Å². The Kier molecular flexibility index (Phi) is 7.50. The summed E-state index contributed by atoms with van der Waals surface area (Å²) in [4.78, 5) is 0. The van der Waals surface area contributed by atoms with Crippen molar-refractivity contribution in [2.24, 2.45) is 5.73 Å². The van der Waals surface area contributed by atoms with Gasteiger partial charge in [0.2, 0.25) is 5.75 Å². The molecular formula is C12H20ClNO4. The Bertz CT molecular complexity index is 348. The van der Waals surface area contributed by atoms with Gasteiger partial charge >= 0.3 is 0 Å². The van der Waals surface area contributed by atoms with Gasteiger partial charge in [0.1, 0.15) is 0 Å². The summed E-state index contributed by atoms with van der Waals surface area (Å²) in [5, 5.41) is 8.88. The molecule has 0 amide bonds. The van der Waals surface area contributed by atoms with Crippen LogP contribution in [0.5, 0.6) is 17.2 Å². The first-order chi connectivity index (χ1) is 8.17. The smallest absolute Gasteiger partial charge is 0.203 e. The summed E-state index contributed by atoms with van der Waals surface area (Å²) in [5.41, 5.74) is 6.77. The Labute approximate surface area is 113 Å². The highest BCUT2D eigenvalue weighted by Gasteiger charge is 2.16. The van der Waals surface area contributed by atoms with Crippen molar-refractivity contribution in [1.82, 2.24) is 0 Å². The monoisotopic (exact) mass is 277 g/mol. The fraction of sp³-hybridized carbons (Fsp3) is 0.500. The van der Waals surface area contributed by atoms with Gasteiger partial charge in [-0.3, -0.25) is 0 Å². The lowest BCUT2D eigenvalue weighted by Gasteiger charge is -2.17. The number of rotatable bonds is 6. The zero-order chi connectivity index (χ0) is 12.8. The number of ether oxygens (including phenoxy) is 3. The van der Waals surface area contributed by atoms with Crippen LogP contribution in [-0.4, -0.2) is 33.0 Å². The standard InChI is InChI=1S/C12H19NO4.ClH/c1-15-10-6-8(9(13)4-5-14)7-11(16-2)12(10)17-3;/h6-7,9,14H,4-5,13H2,1-3H3;1H. The van der Waals surface area contributed by atoms with E-state index in [4.69, 9.17) is 25.1 Å². The summed E-state index contributed by atoms with van der Waals surface area (Å²) in [6.45, 7) is 0.0395. The highest BCUT2D eigenvalue weighted by molar-refractivity contribution is 5.85. The molecule has 1 aromatic carbocycles. The van der Waals surface area contributed by atoms with Gasteiger partial charge in [-0.15, -0.1) is 12.4 Å². The van der Waals surface area contributed by atoms with Crippen LogP contribution in [0.4, 0.5) is 0 Å². The minimum atomic E-state index is -0.256. The van der Waals surface area contributed by atoms with Crippen LogP contribution < -0.4 is 19.9 Å². The fourth-order valence-electron chi connectivity index (χ4n) is 1.62. The maximum Gasteiger partial charge on any atom is 0.203 e. The molecule has 0 aliphatic carbocycles. The molecule has 1 aromatic rings. The van der Waals surface area contributed by atoms with Gasteiger partial charge in [0.25, 0.3) is 0 Å². The molecule has 0 aromatic heterocycles. The van der Waals surface area contributed by atoms with E-state index in [9.17, 15) is 0 Å². The van der Waals surface area contributed by atoms with Crippen molar-refractivity contribution in [2.75, 3.05) is 27.9 Å². The average molecular weight is 278 g/mol. The first kappa shape index (κ1) is 16.8. The van der Waals surface area contributed by atoms with Crippen molar-refractivity contribution in [3.63, 3.8) is 0 Å². The number of nitrogens with two attached hydrogens (primary N) is 1. The van der Waals surface area contributed by atoms with Gasteiger partial charge < -0.3 is 25.1 Å². The maximum atomic E-state index is 8.88. The van der Waals surface area contributed by atoms with Crippen molar-refractivity contribution in [1.29, 1.82) is 0 Å². The Balaban J connectivity index is 0.00000289. The van der Waals surface area contributed by atoms with Gasteiger partial charge in [-0.05, 0) is 24.1 Å². The Hall–Kier alpha value is -1.17. The predicted octanol–water partition coefficient (Wildman–Crippen LogP) is 1.52. The van der Waals surface area contributed by atoms with Crippen LogP contribution in [0.2, 0.25) is 0 Å². The van der Waals surface area contributed by atoms with Crippen molar-refractivity contribution >= 4 is 12.4 Å². The molecule has 0 aliphatic rings. The van der Waals surface area contributed by atoms with Gasteiger partial charge in [0.05, 0.1) is 21.3 Å². The topological polar surface area (TPSA) is 73.9 Å². The number of methoxy groups -OCH3 is 3. The molecule has 1 unspecified atom stereocenters. The molecule has 0 saturated heterocycles. The molecule has 1 atom stereocenters. The molecule has 0 fully saturated rings. The third kappa shape index (κ3) is 3.66. The highest BCUT2D eigenvalue weighted by atomic mass is 35.5. The van der Waals surface area contributed by atoms with Crippen LogP contribution in [0.15, 0.2) is 12.1 Å². The van der Waals surface area contributed by atoms with E-state index in [2.05, 4.69) is 0 Å². The molecule has 0 radical (unpaired) electrons. The van der Waals surface area contributed by atoms with Gasteiger partial charge in [-0.1, -0.05) is 0 Å². The fourth-order valence-corrected chi connectivity index (χ4v) is 1.62. The van der Waals surface area contributed by atoms with Crippen LogP contribution in [0, 0.1) is 0 Å². The van der Waals surface area contributed by atoms with Crippen LogP contribution in [0.1, 0.15) is 18.0 Å². The third-order valence-corrected chi connectivity index (χ3v) is 2.56. The predicted molar refractivity (Wildman–Crippen MR) is 72.0 cm³/mol. The van der Waals surface area contributed by atoms with Crippen molar-refractivity contribution in [2.45, 2.75) is 12.5 Å². The summed E-state index contributed by atoms with van der Waals surface area (Å²) in [6.07, 6.45) is 0.485. The number of benzene rings is 1. The van der Waals surface area contributed by atoms with E-state index in [-0.39, 0.29) is 25.1 Å². The van der Waals surface area contributed by atoms with E-state index in [0.29, 0.717) is 23.7 Å². The van der Waals surface area contributed by atoms with Gasteiger partial charge in [-0.2, -0.15) is 0 Å². The molecule has 0 heterocycles. The molecule has 18 heavy (non-hydrogen) atoms. The lowest BCUT2D eigenvalue weighted by Crippen LogP contribution is -2.12. The minimum absolute atomic E-state index is 0. The van der Waals surface area contributed by atoms with Crippen LogP contribution in [-0.2, 0) is 0 Å². The summed E-state index contributed by atoms with van der Waals surface area (Å²) < 4.78 is 15.7. The second-order valence-electron chi connectivity index (χ2n) is 3.58. The summed E-state index contributed by atoms with van der Waals surface area (Å²) in [6, 6.07) is 3.33. The molecule has 0 bridgehead atoms. The number of hydrogen-bond donors (Lipinski definition) is 2. The second-order valence-corrected chi connectivity index (χ2v) is 3.58. The first-order valence-electron chi connectivity index (χ1n) is 5.34. The quantitative estimate of drug-likeness (QED) is 0.825. The van der Waals surface area contributed by atoms with Crippen molar-refractivity contribution in [3.05, 3.63) is 17.7 Å². The molecule has 104 valence electrons.